The summed E-state index contributed by atoms with van der Waals surface area (Å²) in [6, 6.07) is 19.8. The van der Waals surface area contributed by atoms with Crippen molar-refractivity contribution in [1.82, 2.24) is 5.16 Å². The standard InChI is InChI=1S/C19H17N3OS/c1-14-18(21-19(24)20-16-10-6-3-7-11-16)17(23-22-14)13-12-15-8-4-2-5-9-15/h2-13H,1H3,(H2,20,21,24). The first-order chi connectivity index (χ1) is 11.7. The highest BCUT2D eigenvalue weighted by atomic mass is 32.1. The second kappa shape index (κ2) is 7.57. The van der Waals surface area contributed by atoms with E-state index in [1.807, 2.05) is 79.7 Å². The van der Waals surface area contributed by atoms with Gasteiger partial charge in [0.2, 0.25) is 0 Å². The van der Waals surface area contributed by atoms with E-state index in [4.69, 9.17) is 16.7 Å². The van der Waals surface area contributed by atoms with E-state index in [-0.39, 0.29) is 0 Å². The van der Waals surface area contributed by atoms with Gasteiger partial charge in [-0.3, -0.25) is 0 Å². The minimum atomic E-state index is 0.488. The molecule has 2 aromatic carbocycles. The van der Waals surface area contributed by atoms with Gasteiger partial charge >= 0.3 is 0 Å². The first-order valence-corrected chi connectivity index (χ1v) is 7.95. The Bertz CT molecular complexity index is 842. The highest BCUT2D eigenvalue weighted by molar-refractivity contribution is 7.80. The van der Waals surface area contributed by atoms with Crippen molar-refractivity contribution in [3.8, 4) is 0 Å². The van der Waals surface area contributed by atoms with Gasteiger partial charge in [0, 0.05) is 5.69 Å². The topological polar surface area (TPSA) is 50.1 Å². The molecule has 0 aliphatic heterocycles. The number of hydrogen-bond acceptors (Lipinski definition) is 3. The lowest BCUT2D eigenvalue weighted by Crippen LogP contribution is -2.19. The summed E-state index contributed by atoms with van der Waals surface area (Å²) in [6.07, 6.45) is 3.85. The average molecular weight is 335 g/mol. The number of nitrogens with zero attached hydrogens (tertiary/aromatic N) is 1. The highest BCUT2D eigenvalue weighted by Gasteiger charge is 2.12. The maximum Gasteiger partial charge on any atom is 0.183 e. The first-order valence-electron chi connectivity index (χ1n) is 7.55. The first kappa shape index (κ1) is 16.0. The van der Waals surface area contributed by atoms with Crippen LogP contribution in [0.5, 0.6) is 0 Å². The Kier molecular flexibility index (Phi) is 5.03. The van der Waals surface area contributed by atoms with E-state index >= 15 is 0 Å². The van der Waals surface area contributed by atoms with E-state index in [0.29, 0.717) is 10.9 Å². The number of hydrogen-bond donors (Lipinski definition) is 2. The van der Waals surface area contributed by atoms with Crippen molar-refractivity contribution in [2.45, 2.75) is 6.92 Å². The van der Waals surface area contributed by atoms with Gasteiger partial charge in [0.1, 0.15) is 11.4 Å². The second-order valence-corrected chi connectivity index (χ2v) is 5.60. The zero-order valence-corrected chi connectivity index (χ0v) is 14.0. The maximum atomic E-state index is 5.38. The number of nitrogens with one attached hydrogen (secondary N) is 2. The predicted octanol–water partition coefficient (Wildman–Crippen LogP) is 4.96. The number of thiocarbonyl (C=S) groups is 1. The third-order valence-corrected chi connectivity index (χ3v) is 3.59. The molecule has 0 atom stereocenters. The number of aromatic nitrogens is 1. The van der Waals surface area contributed by atoms with Crippen molar-refractivity contribution in [3.05, 3.63) is 77.7 Å². The average Bonchev–Trinajstić information content (AvgIpc) is 2.95. The molecule has 0 unspecified atom stereocenters. The molecule has 4 nitrogen and oxygen atoms in total. The normalized spacial score (nSPS) is 10.7. The Hall–Kier alpha value is -2.92. The number of rotatable bonds is 4. The SMILES string of the molecule is Cc1noc(C=Cc2ccccc2)c1NC(=S)Nc1ccccc1. The van der Waals surface area contributed by atoms with Crippen LogP contribution in [0.3, 0.4) is 0 Å². The molecular weight excluding hydrogens is 318 g/mol. The molecule has 0 bridgehead atoms. The smallest absolute Gasteiger partial charge is 0.183 e. The van der Waals surface area contributed by atoms with Crippen LogP contribution < -0.4 is 10.6 Å². The van der Waals surface area contributed by atoms with Crippen molar-refractivity contribution in [2.24, 2.45) is 0 Å². The number of benzene rings is 2. The van der Waals surface area contributed by atoms with Gasteiger partial charge in [-0.2, -0.15) is 0 Å². The van der Waals surface area contributed by atoms with Gasteiger partial charge in [-0.25, -0.2) is 0 Å². The summed E-state index contributed by atoms with van der Waals surface area (Å²) in [6.45, 7) is 1.87. The Morgan fingerprint density at radius 2 is 1.62 bits per heavy atom. The largest absolute Gasteiger partial charge is 0.354 e. The zero-order chi connectivity index (χ0) is 16.8. The van der Waals surface area contributed by atoms with E-state index in [2.05, 4.69) is 15.8 Å². The van der Waals surface area contributed by atoms with Gasteiger partial charge in [0.15, 0.2) is 10.9 Å². The summed E-state index contributed by atoms with van der Waals surface area (Å²) in [5, 5.41) is 10.8. The molecule has 3 aromatic rings. The Morgan fingerprint density at radius 3 is 2.33 bits per heavy atom. The number of para-hydroxylation sites is 1. The molecule has 0 amide bonds. The molecule has 0 radical (unpaired) electrons. The summed E-state index contributed by atoms with van der Waals surface area (Å²) in [4.78, 5) is 0. The molecule has 1 heterocycles. The van der Waals surface area contributed by atoms with Crippen LogP contribution in [0.4, 0.5) is 11.4 Å². The van der Waals surface area contributed by atoms with E-state index in [1.165, 1.54) is 0 Å². The molecule has 0 fully saturated rings. The predicted molar refractivity (Wildman–Crippen MR) is 103 cm³/mol. The van der Waals surface area contributed by atoms with Crippen molar-refractivity contribution in [1.29, 1.82) is 0 Å². The molecule has 0 aliphatic carbocycles. The van der Waals surface area contributed by atoms with Crippen molar-refractivity contribution >= 4 is 40.9 Å². The van der Waals surface area contributed by atoms with Gasteiger partial charge in [-0.15, -0.1) is 0 Å². The maximum absolute atomic E-state index is 5.38. The van der Waals surface area contributed by atoms with Crippen LogP contribution in [0.25, 0.3) is 12.2 Å². The van der Waals surface area contributed by atoms with Crippen LogP contribution in [-0.2, 0) is 0 Å². The van der Waals surface area contributed by atoms with Gasteiger partial charge in [-0.1, -0.05) is 59.8 Å². The molecule has 1 aromatic heterocycles. The Labute approximate surface area is 146 Å². The zero-order valence-electron chi connectivity index (χ0n) is 13.2. The van der Waals surface area contributed by atoms with E-state index in [0.717, 1.165) is 22.6 Å². The molecule has 3 rings (SSSR count). The lowest BCUT2D eigenvalue weighted by atomic mass is 10.2. The van der Waals surface area contributed by atoms with Gasteiger partial charge < -0.3 is 15.2 Å². The van der Waals surface area contributed by atoms with Crippen LogP contribution in [0.15, 0.2) is 65.2 Å². The van der Waals surface area contributed by atoms with Crippen molar-refractivity contribution < 1.29 is 4.52 Å². The van der Waals surface area contributed by atoms with Gasteiger partial charge in [-0.05, 0) is 42.9 Å². The summed E-state index contributed by atoms with van der Waals surface area (Å²) < 4.78 is 5.38. The molecule has 2 N–H and O–H groups in total. The third kappa shape index (κ3) is 4.08. The molecule has 0 aliphatic rings. The van der Waals surface area contributed by atoms with Crippen LogP contribution in [0, 0.1) is 6.92 Å². The van der Waals surface area contributed by atoms with Crippen LogP contribution in [0.2, 0.25) is 0 Å². The molecule has 0 saturated heterocycles. The number of anilines is 2. The third-order valence-electron chi connectivity index (χ3n) is 3.39. The van der Waals surface area contributed by atoms with E-state index < -0.39 is 0 Å². The highest BCUT2D eigenvalue weighted by Crippen LogP contribution is 2.23. The van der Waals surface area contributed by atoms with Crippen molar-refractivity contribution in [2.75, 3.05) is 10.6 Å². The summed E-state index contributed by atoms with van der Waals surface area (Å²) >= 11 is 5.37. The Balaban J connectivity index is 1.73. The van der Waals surface area contributed by atoms with Crippen molar-refractivity contribution in [3.63, 3.8) is 0 Å². The fraction of sp³-hybridized carbons (Fsp3) is 0.0526. The molecule has 5 heteroatoms. The van der Waals surface area contributed by atoms with Crippen LogP contribution in [0.1, 0.15) is 17.0 Å². The second-order valence-electron chi connectivity index (χ2n) is 5.20. The van der Waals surface area contributed by atoms with Gasteiger partial charge in [0.25, 0.3) is 0 Å². The molecule has 120 valence electrons. The fourth-order valence-corrected chi connectivity index (χ4v) is 2.41. The minimum Gasteiger partial charge on any atom is -0.354 e. The molecular formula is C19H17N3OS. The van der Waals surface area contributed by atoms with Crippen LogP contribution >= 0.6 is 12.2 Å². The minimum absolute atomic E-state index is 0.488. The molecule has 0 spiro atoms. The lowest BCUT2D eigenvalue weighted by Gasteiger charge is -2.09. The van der Waals surface area contributed by atoms with Crippen LogP contribution in [-0.4, -0.2) is 10.3 Å². The quantitative estimate of drug-likeness (QED) is 0.660. The fourth-order valence-electron chi connectivity index (χ4n) is 2.19. The molecule has 0 saturated carbocycles. The Morgan fingerprint density at radius 1 is 0.958 bits per heavy atom. The van der Waals surface area contributed by atoms with E-state index in [9.17, 15) is 0 Å². The summed E-state index contributed by atoms with van der Waals surface area (Å²) in [5.41, 5.74) is 3.52. The van der Waals surface area contributed by atoms with E-state index in [1.54, 1.807) is 0 Å². The lowest BCUT2D eigenvalue weighted by molar-refractivity contribution is 0.408. The monoisotopic (exact) mass is 335 g/mol. The molecule has 24 heavy (non-hydrogen) atoms. The summed E-state index contributed by atoms with van der Waals surface area (Å²) in [7, 11) is 0. The summed E-state index contributed by atoms with van der Waals surface area (Å²) in [5.74, 6) is 0.633. The van der Waals surface area contributed by atoms with Gasteiger partial charge in [0.05, 0.1) is 0 Å². The number of aryl methyl sites for hydroxylation is 1.